The molecule has 0 bridgehead atoms. The van der Waals surface area contributed by atoms with E-state index in [-0.39, 0.29) is 12.4 Å². The fourth-order valence-electron chi connectivity index (χ4n) is 2.21. The molecule has 88 valence electrons. The van der Waals surface area contributed by atoms with E-state index < -0.39 is 0 Å². The van der Waals surface area contributed by atoms with Crippen LogP contribution >= 0.6 is 12.4 Å². The summed E-state index contributed by atoms with van der Waals surface area (Å²) in [5.74, 6) is 5.70. The van der Waals surface area contributed by atoms with Crippen LogP contribution in [-0.4, -0.2) is 11.7 Å². The van der Waals surface area contributed by atoms with Crippen molar-refractivity contribution in [1.29, 1.82) is 0 Å². The largest absolute Gasteiger partial charge is 0.327 e. The van der Waals surface area contributed by atoms with Crippen molar-refractivity contribution in [3.63, 3.8) is 0 Å². The molecule has 1 aromatic rings. The molecule has 1 aromatic carbocycles. The second-order valence-electron chi connectivity index (χ2n) is 4.17. The van der Waals surface area contributed by atoms with Gasteiger partial charge in [-0.1, -0.05) is 17.7 Å². The monoisotopic (exact) mass is 239 g/mol. The summed E-state index contributed by atoms with van der Waals surface area (Å²) in [6.07, 6.45) is 3.91. The van der Waals surface area contributed by atoms with Crippen molar-refractivity contribution in [2.75, 3.05) is 11.6 Å². The second-order valence-corrected chi connectivity index (χ2v) is 4.17. The number of hydrazine groups is 1. The quantitative estimate of drug-likeness (QED) is 0.765. The molecule has 2 N–H and O–H groups in total. The Morgan fingerprint density at radius 1 is 1.06 bits per heavy atom. The summed E-state index contributed by atoms with van der Waals surface area (Å²) in [7, 11) is 0. The van der Waals surface area contributed by atoms with Crippen molar-refractivity contribution in [3.05, 3.63) is 41.2 Å². The molecule has 0 aromatic heterocycles. The molecule has 1 aliphatic heterocycles. The summed E-state index contributed by atoms with van der Waals surface area (Å²) >= 11 is 0. The second kappa shape index (κ2) is 4.76. The highest BCUT2D eigenvalue weighted by Crippen LogP contribution is 2.27. The van der Waals surface area contributed by atoms with E-state index >= 15 is 0 Å². The Labute approximate surface area is 103 Å². The van der Waals surface area contributed by atoms with Crippen molar-refractivity contribution < 1.29 is 0 Å². The third kappa shape index (κ3) is 2.31. The molecule has 4 heteroatoms. The predicted molar refractivity (Wildman–Crippen MR) is 70.4 cm³/mol. The molecule has 1 aliphatic rings. The van der Waals surface area contributed by atoms with Crippen LogP contribution in [0, 0.1) is 20.8 Å². The minimum Gasteiger partial charge on any atom is -0.327 e. The Kier molecular flexibility index (Phi) is 3.83. The average molecular weight is 240 g/mol. The topological polar surface area (TPSA) is 32.5 Å². The van der Waals surface area contributed by atoms with Crippen LogP contribution in [0.2, 0.25) is 0 Å². The number of aryl methyl sites for hydroxylation is 3. The first-order valence-electron chi connectivity index (χ1n) is 5.12. The highest BCUT2D eigenvalue weighted by Gasteiger charge is 2.15. The van der Waals surface area contributed by atoms with Gasteiger partial charge in [-0.15, -0.1) is 12.4 Å². The predicted octanol–water partition coefficient (Wildman–Crippen LogP) is 2.46. The van der Waals surface area contributed by atoms with Crippen molar-refractivity contribution in [2.24, 2.45) is 5.84 Å². The zero-order valence-electron chi connectivity index (χ0n) is 9.90. The van der Waals surface area contributed by atoms with Gasteiger partial charge in [0.15, 0.2) is 0 Å². The third-order valence-electron chi connectivity index (χ3n) is 2.68. The van der Waals surface area contributed by atoms with Crippen molar-refractivity contribution in [3.8, 4) is 0 Å². The normalized spacial score (nSPS) is 14.2. The molecule has 0 radical (unpaired) electrons. The van der Waals surface area contributed by atoms with E-state index in [0.29, 0.717) is 0 Å². The van der Waals surface area contributed by atoms with Gasteiger partial charge in [-0.05, 0) is 31.9 Å². The summed E-state index contributed by atoms with van der Waals surface area (Å²) < 4.78 is 0. The lowest BCUT2D eigenvalue weighted by atomic mass is 10.0. The lowest BCUT2D eigenvalue weighted by molar-refractivity contribution is 0.428. The number of nitrogens with two attached hydrogens (primary N) is 1. The Hall–Kier alpha value is -1.19. The number of benzene rings is 1. The van der Waals surface area contributed by atoms with E-state index in [1.54, 1.807) is 5.01 Å². The highest BCUT2D eigenvalue weighted by molar-refractivity contribution is 5.85. The van der Waals surface area contributed by atoms with Gasteiger partial charge < -0.3 is 4.90 Å². The van der Waals surface area contributed by atoms with Gasteiger partial charge in [-0.25, -0.2) is 5.84 Å². The maximum atomic E-state index is 5.70. The van der Waals surface area contributed by atoms with Gasteiger partial charge in [0, 0.05) is 18.1 Å². The number of anilines is 1. The van der Waals surface area contributed by atoms with Crippen LogP contribution in [0.4, 0.5) is 5.69 Å². The van der Waals surface area contributed by atoms with Gasteiger partial charge in [0.25, 0.3) is 0 Å². The van der Waals surface area contributed by atoms with Gasteiger partial charge >= 0.3 is 0 Å². The standard InChI is InChI=1S/C12H17N3.ClH/c1-9-6-10(2)12(11(3)7-9)14-4-5-15(13)8-14;/h4-7H,8,13H2,1-3H3;1H. The smallest absolute Gasteiger partial charge is 0.109 e. The van der Waals surface area contributed by atoms with Crippen LogP contribution in [0.1, 0.15) is 16.7 Å². The van der Waals surface area contributed by atoms with E-state index in [0.717, 1.165) is 6.67 Å². The van der Waals surface area contributed by atoms with Crippen molar-refractivity contribution in [2.45, 2.75) is 20.8 Å². The van der Waals surface area contributed by atoms with Gasteiger partial charge in [-0.2, -0.15) is 0 Å². The Morgan fingerprint density at radius 3 is 2.06 bits per heavy atom. The number of halogens is 1. The van der Waals surface area contributed by atoms with Crippen LogP contribution in [0.25, 0.3) is 0 Å². The molecule has 0 amide bonds. The molecule has 3 nitrogen and oxygen atoms in total. The van der Waals surface area contributed by atoms with Gasteiger partial charge in [-0.3, -0.25) is 5.01 Å². The summed E-state index contributed by atoms with van der Waals surface area (Å²) in [5, 5.41) is 1.68. The van der Waals surface area contributed by atoms with Crippen LogP contribution in [0.15, 0.2) is 24.5 Å². The molecule has 0 atom stereocenters. The number of hydrogen-bond acceptors (Lipinski definition) is 3. The molecule has 0 spiro atoms. The Balaban J connectivity index is 0.00000128. The lowest BCUT2D eigenvalue weighted by Crippen LogP contribution is -2.30. The summed E-state index contributed by atoms with van der Waals surface area (Å²) in [4.78, 5) is 2.17. The molecule has 0 fully saturated rings. The van der Waals surface area contributed by atoms with Crippen LogP contribution in [0.3, 0.4) is 0 Å². The molecular formula is C12H18ClN3. The molecule has 0 saturated heterocycles. The lowest BCUT2D eigenvalue weighted by Gasteiger charge is -2.22. The molecule has 16 heavy (non-hydrogen) atoms. The molecular weight excluding hydrogens is 222 g/mol. The van der Waals surface area contributed by atoms with Gasteiger partial charge in [0.2, 0.25) is 0 Å². The van der Waals surface area contributed by atoms with E-state index in [9.17, 15) is 0 Å². The van der Waals surface area contributed by atoms with E-state index in [1.807, 2.05) is 12.4 Å². The number of hydrogen-bond donors (Lipinski definition) is 1. The number of nitrogens with zero attached hydrogens (tertiary/aromatic N) is 2. The van der Waals surface area contributed by atoms with Gasteiger partial charge in [0.05, 0.1) is 0 Å². The van der Waals surface area contributed by atoms with E-state index in [4.69, 9.17) is 5.84 Å². The fraction of sp³-hybridized carbons (Fsp3) is 0.333. The van der Waals surface area contributed by atoms with Crippen LogP contribution in [0.5, 0.6) is 0 Å². The fourth-order valence-corrected chi connectivity index (χ4v) is 2.21. The Bertz CT molecular complexity index is 392. The van der Waals surface area contributed by atoms with Crippen molar-refractivity contribution in [1.82, 2.24) is 5.01 Å². The zero-order chi connectivity index (χ0) is 11.0. The average Bonchev–Trinajstić information content (AvgIpc) is 2.49. The molecule has 1 heterocycles. The first kappa shape index (κ1) is 12.9. The molecule has 0 aliphatic carbocycles. The minimum atomic E-state index is 0. The minimum absolute atomic E-state index is 0. The molecule has 0 unspecified atom stereocenters. The first-order valence-corrected chi connectivity index (χ1v) is 5.12. The summed E-state index contributed by atoms with van der Waals surface area (Å²) in [6, 6.07) is 4.41. The van der Waals surface area contributed by atoms with Gasteiger partial charge in [0.1, 0.15) is 6.67 Å². The zero-order valence-corrected chi connectivity index (χ0v) is 10.7. The molecule has 0 saturated carbocycles. The maximum Gasteiger partial charge on any atom is 0.109 e. The van der Waals surface area contributed by atoms with Crippen LogP contribution in [-0.2, 0) is 0 Å². The summed E-state index contributed by atoms with van der Waals surface area (Å²) in [6.45, 7) is 7.13. The number of rotatable bonds is 1. The highest BCUT2D eigenvalue weighted by atomic mass is 35.5. The Morgan fingerprint density at radius 2 is 1.62 bits per heavy atom. The third-order valence-corrected chi connectivity index (χ3v) is 2.68. The summed E-state index contributed by atoms with van der Waals surface area (Å²) in [5.41, 5.74) is 5.17. The van der Waals surface area contributed by atoms with Crippen molar-refractivity contribution >= 4 is 18.1 Å². The first-order chi connectivity index (χ1) is 7.08. The maximum absolute atomic E-state index is 5.70. The molecule has 2 rings (SSSR count). The van der Waals surface area contributed by atoms with E-state index in [2.05, 4.69) is 37.8 Å². The SMILES string of the molecule is Cc1cc(C)c(N2C=CN(N)C2)c(C)c1.Cl. The van der Waals surface area contributed by atoms with E-state index in [1.165, 1.54) is 22.4 Å². The van der Waals surface area contributed by atoms with Crippen LogP contribution < -0.4 is 10.7 Å².